The van der Waals surface area contributed by atoms with E-state index in [9.17, 15) is 16.8 Å². The molecule has 2 aromatic rings. The van der Waals surface area contributed by atoms with Gasteiger partial charge in [0.25, 0.3) is 0 Å². The van der Waals surface area contributed by atoms with Crippen LogP contribution in [0.5, 0.6) is 0 Å². The number of anilines is 1. The fraction of sp³-hybridized carbons (Fsp3) is 0.294. The monoisotopic (exact) mass is 382 g/mol. The van der Waals surface area contributed by atoms with E-state index in [1.807, 2.05) is 6.92 Å². The van der Waals surface area contributed by atoms with Crippen LogP contribution in [0.2, 0.25) is 0 Å². The second-order valence-corrected chi connectivity index (χ2v) is 9.46. The minimum Gasteiger partial charge on any atom is -0.284 e. The molecule has 0 heterocycles. The molecule has 2 N–H and O–H groups in total. The van der Waals surface area contributed by atoms with Crippen LogP contribution in [-0.4, -0.2) is 29.1 Å². The Labute approximate surface area is 149 Å². The van der Waals surface area contributed by atoms with E-state index in [1.54, 1.807) is 56.3 Å². The summed E-state index contributed by atoms with van der Waals surface area (Å²) >= 11 is 0. The molecule has 0 aliphatic heterocycles. The first-order chi connectivity index (χ1) is 11.6. The molecule has 0 saturated carbocycles. The zero-order valence-corrected chi connectivity index (χ0v) is 16.0. The molecular formula is C17H22N2O4S2. The summed E-state index contributed by atoms with van der Waals surface area (Å²) in [5.41, 5.74) is 2.68. The molecule has 136 valence electrons. The van der Waals surface area contributed by atoms with Crippen molar-refractivity contribution in [3.05, 3.63) is 59.2 Å². The topological polar surface area (TPSA) is 92.3 Å². The van der Waals surface area contributed by atoms with Gasteiger partial charge in [0, 0.05) is 12.2 Å². The summed E-state index contributed by atoms with van der Waals surface area (Å²) in [6.45, 7) is 5.13. The van der Waals surface area contributed by atoms with E-state index in [0.717, 1.165) is 5.56 Å². The molecule has 0 spiro atoms. The van der Waals surface area contributed by atoms with Gasteiger partial charge in [-0.2, -0.15) is 0 Å². The number of hydrogen-bond acceptors (Lipinski definition) is 4. The normalized spacial score (nSPS) is 12.1. The van der Waals surface area contributed by atoms with Crippen molar-refractivity contribution in [3.8, 4) is 0 Å². The molecule has 0 bridgehead atoms. The van der Waals surface area contributed by atoms with Gasteiger partial charge in [0.2, 0.25) is 20.0 Å². The van der Waals surface area contributed by atoms with Crippen LogP contribution in [0.1, 0.15) is 16.7 Å². The van der Waals surface area contributed by atoms with Crippen molar-refractivity contribution in [1.29, 1.82) is 0 Å². The number of rotatable bonds is 7. The van der Waals surface area contributed by atoms with Gasteiger partial charge in [-0.25, -0.2) is 21.6 Å². The summed E-state index contributed by atoms with van der Waals surface area (Å²) in [5, 5.41) is 0. The van der Waals surface area contributed by atoms with Crippen LogP contribution in [-0.2, 0) is 20.0 Å². The van der Waals surface area contributed by atoms with E-state index in [2.05, 4.69) is 9.44 Å². The Morgan fingerprint density at radius 2 is 1.44 bits per heavy atom. The third-order valence-corrected chi connectivity index (χ3v) is 6.64. The zero-order valence-electron chi connectivity index (χ0n) is 14.4. The summed E-state index contributed by atoms with van der Waals surface area (Å²) in [7, 11) is -7.42. The van der Waals surface area contributed by atoms with Crippen LogP contribution in [0, 0.1) is 20.8 Å². The fourth-order valence-corrected chi connectivity index (χ4v) is 5.29. The largest absolute Gasteiger partial charge is 0.284 e. The number of benzene rings is 2. The third-order valence-electron chi connectivity index (χ3n) is 3.58. The molecule has 2 aromatic carbocycles. The second kappa shape index (κ2) is 7.55. The summed E-state index contributed by atoms with van der Waals surface area (Å²) in [6.07, 6.45) is 0. The molecule has 0 atom stereocenters. The van der Waals surface area contributed by atoms with Gasteiger partial charge in [0.05, 0.1) is 10.6 Å². The maximum absolute atomic E-state index is 12.5. The van der Waals surface area contributed by atoms with Crippen molar-refractivity contribution in [2.45, 2.75) is 25.7 Å². The number of sulfonamides is 2. The minimum atomic E-state index is -3.78. The van der Waals surface area contributed by atoms with Crippen molar-refractivity contribution in [2.75, 3.05) is 17.0 Å². The minimum absolute atomic E-state index is 0.200. The molecule has 0 aliphatic carbocycles. The van der Waals surface area contributed by atoms with Gasteiger partial charge in [0.15, 0.2) is 0 Å². The highest BCUT2D eigenvalue weighted by Gasteiger charge is 2.20. The van der Waals surface area contributed by atoms with Crippen LogP contribution < -0.4 is 9.44 Å². The Hall–Kier alpha value is -1.90. The molecule has 0 radical (unpaired) electrons. The number of aryl methyl sites for hydroxylation is 3. The molecular weight excluding hydrogens is 360 g/mol. The lowest BCUT2D eigenvalue weighted by Crippen LogP contribution is -2.32. The predicted molar refractivity (Wildman–Crippen MR) is 99.7 cm³/mol. The van der Waals surface area contributed by atoms with Crippen molar-refractivity contribution in [3.63, 3.8) is 0 Å². The molecule has 0 saturated heterocycles. The molecule has 0 aromatic heterocycles. The number of nitrogens with one attached hydrogen (secondary N) is 2. The van der Waals surface area contributed by atoms with Crippen LogP contribution >= 0.6 is 0 Å². The Kier molecular flexibility index (Phi) is 5.87. The van der Waals surface area contributed by atoms with Gasteiger partial charge < -0.3 is 0 Å². The fourth-order valence-electron chi connectivity index (χ4n) is 2.71. The Balaban J connectivity index is 2.06. The summed E-state index contributed by atoms with van der Waals surface area (Å²) in [6, 6.07) is 12.0. The van der Waals surface area contributed by atoms with Gasteiger partial charge in [0.1, 0.15) is 0 Å². The standard InChI is InChI=1S/C17H22N2O4S2/c1-13-11-14(2)17(15(3)12-13)25(22,23)18-9-10-24(20,21)19-16-7-5-4-6-8-16/h4-8,11-12,18-19H,9-10H2,1-3H3. The first-order valence-electron chi connectivity index (χ1n) is 7.74. The van der Waals surface area contributed by atoms with E-state index in [1.165, 1.54) is 0 Å². The van der Waals surface area contributed by atoms with Crippen LogP contribution in [0.25, 0.3) is 0 Å². The maximum atomic E-state index is 12.5. The van der Waals surface area contributed by atoms with Crippen molar-refractivity contribution in [1.82, 2.24) is 4.72 Å². The second-order valence-electron chi connectivity index (χ2n) is 5.91. The molecule has 0 unspecified atom stereocenters. The molecule has 0 aliphatic rings. The number of para-hydroxylation sites is 1. The summed E-state index contributed by atoms with van der Waals surface area (Å²) in [4.78, 5) is 0.200. The SMILES string of the molecule is Cc1cc(C)c(S(=O)(=O)NCCS(=O)(=O)Nc2ccccc2)c(C)c1. The summed E-state index contributed by atoms with van der Waals surface area (Å²) in [5.74, 6) is -0.356. The first kappa shape index (κ1) is 19.4. The van der Waals surface area contributed by atoms with Gasteiger partial charge in [-0.1, -0.05) is 35.9 Å². The van der Waals surface area contributed by atoms with Crippen LogP contribution in [0.15, 0.2) is 47.4 Å². The maximum Gasteiger partial charge on any atom is 0.241 e. The van der Waals surface area contributed by atoms with E-state index >= 15 is 0 Å². The highest BCUT2D eigenvalue weighted by atomic mass is 32.2. The molecule has 2 rings (SSSR count). The number of hydrogen-bond donors (Lipinski definition) is 2. The van der Waals surface area contributed by atoms with E-state index in [4.69, 9.17) is 0 Å². The quantitative estimate of drug-likeness (QED) is 0.769. The highest BCUT2D eigenvalue weighted by molar-refractivity contribution is 7.92. The predicted octanol–water partition coefficient (Wildman–Crippen LogP) is 2.33. The average Bonchev–Trinajstić information content (AvgIpc) is 2.45. The van der Waals surface area contributed by atoms with Crippen molar-refractivity contribution < 1.29 is 16.8 Å². The highest BCUT2D eigenvalue weighted by Crippen LogP contribution is 2.21. The Morgan fingerprint density at radius 1 is 0.880 bits per heavy atom. The van der Waals surface area contributed by atoms with Crippen molar-refractivity contribution in [2.24, 2.45) is 0 Å². The Morgan fingerprint density at radius 3 is 2.00 bits per heavy atom. The van der Waals surface area contributed by atoms with E-state index in [0.29, 0.717) is 16.8 Å². The smallest absolute Gasteiger partial charge is 0.241 e. The summed E-state index contributed by atoms with van der Waals surface area (Å²) < 4.78 is 53.9. The molecule has 8 heteroatoms. The molecule has 25 heavy (non-hydrogen) atoms. The first-order valence-corrected chi connectivity index (χ1v) is 10.9. The van der Waals surface area contributed by atoms with Gasteiger partial charge in [-0.15, -0.1) is 0 Å². The van der Waals surface area contributed by atoms with Crippen molar-refractivity contribution >= 4 is 25.7 Å². The van der Waals surface area contributed by atoms with Gasteiger partial charge >= 0.3 is 0 Å². The lowest BCUT2D eigenvalue weighted by atomic mass is 10.1. The Bertz CT molecular complexity index is 930. The molecule has 0 amide bonds. The molecule has 0 fully saturated rings. The zero-order chi connectivity index (χ0) is 18.7. The van der Waals surface area contributed by atoms with E-state index < -0.39 is 20.0 Å². The molecule has 6 nitrogen and oxygen atoms in total. The van der Waals surface area contributed by atoms with Crippen LogP contribution in [0.4, 0.5) is 5.69 Å². The van der Waals surface area contributed by atoms with Gasteiger partial charge in [-0.3, -0.25) is 4.72 Å². The lowest BCUT2D eigenvalue weighted by Gasteiger charge is -2.13. The van der Waals surface area contributed by atoms with E-state index in [-0.39, 0.29) is 17.2 Å². The average molecular weight is 383 g/mol. The third kappa shape index (κ3) is 5.29. The van der Waals surface area contributed by atoms with Gasteiger partial charge in [-0.05, 0) is 44.0 Å². The lowest BCUT2D eigenvalue weighted by molar-refractivity contribution is 0.580. The van der Waals surface area contributed by atoms with Crippen LogP contribution in [0.3, 0.4) is 0 Å².